The Morgan fingerprint density at radius 1 is 1.38 bits per heavy atom. The van der Waals surface area contributed by atoms with Crippen LogP contribution in [0.5, 0.6) is 17.4 Å². The maximum atomic E-state index is 9.90. The molecular formula is C15H18N2O4. The SMILES string of the molecule is COc1cc(OCCN2CC(O)C2)nc2c(O)cccc12. The van der Waals surface area contributed by atoms with E-state index in [0.29, 0.717) is 36.8 Å². The maximum Gasteiger partial charge on any atom is 0.217 e. The largest absolute Gasteiger partial charge is 0.506 e. The molecule has 2 aromatic rings. The van der Waals surface area contributed by atoms with Crippen molar-refractivity contribution < 1.29 is 19.7 Å². The van der Waals surface area contributed by atoms with Gasteiger partial charge in [0.15, 0.2) is 0 Å². The molecule has 0 amide bonds. The Kier molecular flexibility index (Phi) is 3.81. The van der Waals surface area contributed by atoms with E-state index >= 15 is 0 Å². The molecule has 1 aromatic carbocycles. The van der Waals surface area contributed by atoms with E-state index < -0.39 is 0 Å². The van der Waals surface area contributed by atoms with Crippen LogP contribution in [0.3, 0.4) is 0 Å². The third kappa shape index (κ3) is 2.86. The van der Waals surface area contributed by atoms with E-state index in [1.165, 1.54) is 0 Å². The molecule has 6 heteroatoms. The van der Waals surface area contributed by atoms with Gasteiger partial charge < -0.3 is 19.7 Å². The fourth-order valence-corrected chi connectivity index (χ4v) is 2.43. The highest BCUT2D eigenvalue weighted by molar-refractivity contribution is 5.90. The highest BCUT2D eigenvalue weighted by Gasteiger charge is 2.23. The molecule has 0 spiro atoms. The van der Waals surface area contributed by atoms with E-state index in [9.17, 15) is 10.2 Å². The minimum Gasteiger partial charge on any atom is -0.506 e. The molecule has 0 unspecified atom stereocenters. The number of hydrogen-bond donors (Lipinski definition) is 2. The molecule has 0 radical (unpaired) electrons. The molecule has 1 aliphatic heterocycles. The summed E-state index contributed by atoms with van der Waals surface area (Å²) in [5.74, 6) is 1.13. The van der Waals surface area contributed by atoms with E-state index in [2.05, 4.69) is 9.88 Å². The Morgan fingerprint density at radius 2 is 2.19 bits per heavy atom. The van der Waals surface area contributed by atoms with Gasteiger partial charge in [0, 0.05) is 31.1 Å². The smallest absolute Gasteiger partial charge is 0.217 e. The second-order valence-corrected chi connectivity index (χ2v) is 5.10. The van der Waals surface area contributed by atoms with E-state index in [-0.39, 0.29) is 11.9 Å². The second kappa shape index (κ2) is 5.75. The van der Waals surface area contributed by atoms with Crippen LogP contribution in [-0.2, 0) is 0 Å². The molecule has 0 aliphatic carbocycles. The van der Waals surface area contributed by atoms with Gasteiger partial charge in [0.1, 0.15) is 23.6 Å². The summed E-state index contributed by atoms with van der Waals surface area (Å²) >= 11 is 0. The molecule has 0 saturated carbocycles. The molecule has 112 valence electrons. The van der Waals surface area contributed by atoms with Gasteiger partial charge in [-0.1, -0.05) is 6.07 Å². The molecule has 1 aliphatic rings. The first-order valence-electron chi connectivity index (χ1n) is 6.87. The number of methoxy groups -OCH3 is 1. The number of hydrogen-bond acceptors (Lipinski definition) is 6. The lowest BCUT2D eigenvalue weighted by molar-refractivity contribution is -0.00411. The van der Waals surface area contributed by atoms with Crippen LogP contribution in [0.1, 0.15) is 0 Å². The van der Waals surface area contributed by atoms with Gasteiger partial charge in [0.25, 0.3) is 0 Å². The first kappa shape index (κ1) is 13.9. The third-order valence-electron chi connectivity index (χ3n) is 3.57. The molecule has 6 nitrogen and oxygen atoms in total. The van der Waals surface area contributed by atoms with Crippen LogP contribution >= 0.6 is 0 Å². The summed E-state index contributed by atoms with van der Waals surface area (Å²) in [5, 5.41) is 19.9. The normalized spacial score (nSPS) is 15.9. The Labute approximate surface area is 122 Å². The van der Waals surface area contributed by atoms with Crippen molar-refractivity contribution in [2.45, 2.75) is 6.10 Å². The van der Waals surface area contributed by atoms with E-state index in [0.717, 1.165) is 11.9 Å². The van der Waals surface area contributed by atoms with E-state index in [4.69, 9.17) is 9.47 Å². The lowest BCUT2D eigenvalue weighted by Crippen LogP contribution is -2.51. The number of aliphatic hydroxyl groups excluding tert-OH is 1. The van der Waals surface area contributed by atoms with Crippen molar-refractivity contribution >= 4 is 10.9 Å². The summed E-state index contributed by atoms with van der Waals surface area (Å²) < 4.78 is 11.0. The molecule has 3 rings (SSSR count). The van der Waals surface area contributed by atoms with Crippen LogP contribution < -0.4 is 9.47 Å². The lowest BCUT2D eigenvalue weighted by Gasteiger charge is -2.35. The summed E-state index contributed by atoms with van der Waals surface area (Å²) in [4.78, 5) is 6.42. The number of β-amino-alcohol motifs (C(OH)–C–C–N with tert-alkyl or cyclic N) is 1. The average Bonchev–Trinajstić information content (AvgIpc) is 2.45. The third-order valence-corrected chi connectivity index (χ3v) is 3.57. The van der Waals surface area contributed by atoms with Gasteiger partial charge in [-0.2, -0.15) is 0 Å². The number of ether oxygens (including phenoxy) is 2. The Bertz CT molecular complexity index is 641. The number of phenols is 1. The predicted molar refractivity (Wildman–Crippen MR) is 77.9 cm³/mol. The lowest BCUT2D eigenvalue weighted by atomic mass is 10.2. The number of pyridine rings is 1. The summed E-state index contributed by atoms with van der Waals surface area (Å²) in [6.45, 7) is 2.60. The Balaban J connectivity index is 1.74. The molecular weight excluding hydrogens is 272 g/mol. The molecule has 21 heavy (non-hydrogen) atoms. The number of likely N-dealkylation sites (tertiary alicyclic amines) is 1. The fraction of sp³-hybridized carbons (Fsp3) is 0.400. The van der Waals surface area contributed by atoms with E-state index in [1.54, 1.807) is 25.3 Å². The van der Waals surface area contributed by atoms with Crippen LogP contribution in [0.4, 0.5) is 0 Å². The fourth-order valence-electron chi connectivity index (χ4n) is 2.43. The molecule has 1 aromatic heterocycles. The Morgan fingerprint density at radius 3 is 2.90 bits per heavy atom. The predicted octanol–water partition coefficient (Wildman–Crippen LogP) is 1.00. The number of fused-ring (bicyclic) bond motifs is 1. The average molecular weight is 290 g/mol. The number of aromatic hydroxyl groups is 1. The van der Waals surface area contributed by atoms with Gasteiger partial charge >= 0.3 is 0 Å². The first-order chi connectivity index (χ1) is 10.2. The number of para-hydroxylation sites is 1. The van der Waals surface area contributed by atoms with Crippen LogP contribution in [0.15, 0.2) is 24.3 Å². The molecule has 0 bridgehead atoms. The summed E-state index contributed by atoms with van der Waals surface area (Å²) in [6, 6.07) is 6.89. The van der Waals surface area contributed by atoms with Crippen molar-refractivity contribution in [3.8, 4) is 17.4 Å². The zero-order valence-corrected chi connectivity index (χ0v) is 11.8. The molecule has 0 atom stereocenters. The summed E-state index contributed by atoms with van der Waals surface area (Å²) in [7, 11) is 1.57. The number of rotatable bonds is 5. The second-order valence-electron chi connectivity index (χ2n) is 5.10. The highest BCUT2D eigenvalue weighted by atomic mass is 16.5. The van der Waals surface area contributed by atoms with Crippen LogP contribution in [-0.4, -0.2) is 59.6 Å². The topological polar surface area (TPSA) is 75.1 Å². The van der Waals surface area contributed by atoms with Crippen molar-refractivity contribution in [2.75, 3.05) is 33.4 Å². The van der Waals surface area contributed by atoms with Crippen molar-refractivity contribution in [3.63, 3.8) is 0 Å². The highest BCUT2D eigenvalue weighted by Crippen LogP contribution is 2.32. The number of nitrogens with zero attached hydrogens (tertiary/aromatic N) is 2. The summed E-state index contributed by atoms with van der Waals surface area (Å²) in [5.41, 5.74) is 0.464. The first-order valence-corrected chi connectivity index (χ1v) is 6.87. The standard InChI is InChI=1S/C15H18N2O4/c1-20-13-7-14(21-6-5-17-8-10(18)9-17)16-15-11(13)3-2-4-12(15)19/h2-4,7,10,18-19H,5-6,8-9H2,1H3. The van der Waals surface area contributed by atoms with Crippen LogP contribution in [0.25, 0.3) is 10.9 Å². The molecule has 1 fully saturated rings. The minimum absolute atomic E-state index is 0.0992. The molecule has 2 heterocycles. The number of aromatic nitrogens is 1. The molecule has 2 N–H and O–H groups in total. The zero-order valence-electron chi connectivity index (χ0n) is 11.8. The van der Waals surface area contributed by atoms with Gasteiger partial charge in [-0.25, -0.2) is 4.98 Å². The summed E-state index contributed by atoms with van der Waals surface area (Å²) in [6.07, 6.45) is -0.208. The molecule has 1 saturated heterocycles. The Hall–Kier alpha value is -2.05. The number of phenolic OH excluding ortho intramolecular Hbond substituents is 1. The monoisotopic (exact) mass is 290 g/mol. The van der Waals surface area contributed by atoms with Gasteiger partial charge in [-0.05, 0) is 12.1 Å². The zero-order chi connectivity index (χ0) is 14.8. The maximum absolute atomic E-state index is 9.90. The quantitative estimate of drug-likeness (QED) is 0.856. The van der Waals surface area contributed by atoms with Crippen LogP contribution in [0, 0.1) is 0 Å². The number of benzene rings is 1. The van der Waals surface area contributed by atoms with Crippen molar-refractivity contribution in [1.82, 2.24) is 9.88 Å². The van der Waals surface area contributed by atoms with Gasteiger partial charge in [-0.15, -0.1) is 0 Å². The van der Waals surface area contributed by atoms with E-state index in [1.807, 2.05) is 6.07 Å². The van der Waals surface area contributed by atoms with Crippen molar-refractivity contribution in [3.05, 3.63) is 24.3 Å². The van der Waals surface area contributed by atoms with Gasteiger partial charge in [-0.3, -0.25) is 4.90 Å². The van der Waals surface area contributed by atoms with Crippen LogP contribution in [0.2, 0.25) is 0 Å². The van der Waals surface area contributed by atoms with Crippen molar-refractivity contribution in [2.24, 2.45) is 0 Å². The van der Waals surface area contributed by atoms with Gasteiger partial charge in [0.2, 0.25) is 5.88 Å². The van der Waals surface area contributed by atoms with Crippen molar-refractivity contribution in [1.29, 1.82) is 0 Å². The van der Waals surface area contributed by atoms with Gasteiger partial charge in [0.05, 0.1) is 13.2 Å². The number of aliphatic hydroxyl groups is 1. The minimum atomic E-state index is -0.208.